The third-order valence-electron chi connectivity index (χ3n) is 2.67. The summed E-state index contributed by atoms with van der Waals surface area (Å²) in [5.74, 6) is 2.29. The lowest BCUT2D eigenvalue weighted by Gasteiger charge is -2.24. The van der Waals surface area contributed by atoms with E-state index < -0.39 is 0 Å². The number of halogens is 2. The fourth-order valence-corrected chi connectivity index (χ4v) is 2.70. The van der Waals surface area contributed by atoms with Crippen LogP contribution < -0.4 is 0 Å². The fraction of sp³-hybridized carbons (Fsp3) is 1.00. The molecule has 1 saturated heterocycles. The van der Waals surface area contributed by atoms with Crippen LogP contribution in [0.4, 0.5) is 0 Å². The number of rotatable bonds is 4. The Hall–Kier alpha value is 1.15. The average Bonchev–Trinajstić information content (AvgIpc) is 2.33. The van der Waals surface area contributed by atoms with Crippen LogP contribution in [0.2, 0.25) is 0 Å². The van der Waals surface area contributed by atoms with Gasteiger partial charge < -0.3 is 10.2 Å². The summed E-state index contributed by atoms with van der Waals surface area (Å²) in [7, 11) is 0. The van der Waals surface area contributed by atoms with E-state index in [0.717, 1.165) is 50.8 Å². The minimum absolute atomic E-state index is 0. The molecule has 4 nitrogen and oxygen atoms in total. The predicted octanol–water partition coefficient (Wildman–Crippen LogP) is 0.478. The number of hydrogen-bond donors (Lipinski definition) is 2. The summed E-state index contributed by atoms with van der Waals surface area (Å²) >= 11 is 1.96. The van der Waals surface area contributed by atoms with Crippen LogP contribution in [-0.2, 0) is 0 Å². The van der Waals surface area contributed by atoms with Crippen LogP contribution in [0.5, 0.6) is 0 Å². The van der Waals surface area contributed by atoms with Crippen LogP contribution in [0.15, 0.2) is 0 Å². The molecule has 0 amide bonds. The molecule has 1 fully saturated rings. The Morgan fingerprint density at radius 1 is 0.765 bits per heavy atom. The van der Waals surface area contributed by atoms with Crippen LogP contribution >= 0.6 is 45.7 Å². The summed E-state index contributed by atoms with van der Waals surface area (Å²) in [6, 6.07) is 0. The minimum Gasteiger partial charge on any atom is -0.395 e. The quantitative estimate of drug-likeness (QED) is 0.724. The molecule has 0 aromatic heterocycles. The van der Waals surface area contributed by atoms with E-state index in [1.807, 2.05) is 11.8 Å². The molecular weight excluding hydrogens is 372 g/mol. The fourth-order valence-electron chi connectivity index (χ4n) is 1.73. The topological polar surface area (TPSA) is 46.9 Å². The molecule has 0 aliphatic carbocycles. The Morgan fingerprint density at radius 3 is 1.53 bits per heavy atom. The highest BCUT2D eigenvalue weighted by Gasteiger charge is 2.11. The Kier molecular flexibility index (Phi) is 16.3. The minimum atomic E-state index is 0. The SMILES string of the molecule is Br.Br.OCCN1CCSCCN(CCO)CC1. The highest BCUT2D eigenvalue weighted by Crippen LogP contribution is 2.05. The molecule has 0 aromatic rings. The second-order valence-electron chi connectivity index (χ2n) is 3.74. The smallest absolute Gasteiger partial charge is 0.0558 e. The Balaban J connectivity index is 0. The van der Waals surface area contributed by atoms with Gasteiger partial charge in [0.25, 0.3) is 0 Å². The van der Waals surface area contributed by atoms with Gasteiger partial charge in [0.15, 0.2) is 0 Å². The third kappa shape index (κ3) is 9.69. The summed E-state index contributed by atoms with van der Waals surface area (Å²) in [5, 5.41) is 17.8. The lowest BCUT2D eigenvalue weighted by Crippen LogP contribution is -2.38. The zero-order valence-electron chi connectivity index (χ0n) is 10.1. The van der Waals surface area contributed by atoms with Gasteiger partial charge in [0.2, 0.25) is 0 Å². The van der Waals surface area contributed by atoms with Gasteiger partial charge in [-0.15, -0.1) is 34.0 Å². The number of aliphatic hydroxyl groups is 2. The van der Waals surface area contributed by atoms with Crippen molar-refractivity contribution in [1.82, 2.24) is 9.80 Å². The van der Waals surface area contributed by atoms with Crippen molar-refractivity contribution in [1.29, 1.82) is 0 Å². The number of β-amino-alcohol motifs (C(OH)–C–C–N with tert-alkyl or cyclic N) is 2. The van der Waals surface area contributed by atoms with Gasteiger partial charge in [0.05, 0.1) is 13.2 Å². The van der Waals surface area contributed by atoms with Gasteiger partial charge in [0.1, 0.15) is 0 Å². The summed E-state index contributed by atoms with van der Waals surface area (Å²) in [6.07, 6.45) is 0. The molecular formula is C10H24Br2N2O2S. The number of aliphatic hydroxyl groups excluding tert-OH is 2. The molecule has 17 heavy (non-hydrogen) atoms. The van der Waals surface area contributed by atoms with Crippen molar-refractivity contribution >= 4 is 45.7 Å². The van der Waals surface area contributed by atoms with Crippen LogP contribution in [0.25, 0.3) is 0 Å². The van der Waals surface area contributed by atoms with Crippen LogP contribution in [-0.4, -0.2) is 84.0 Å². The molecule has 1 heterocycles. The van der Waals surface area contributed by atoms with E-state index in [0.29, 0.717) is 0 Å². The lowest BCUT2D eigenvalue weighted by molar-refractivity contribution is 0.161. The molecule has 0 unspecified atom stereocenters. The molecule has 106 valence electrons. The van der Waals surface area contributed by atoms with Gasteiger partial charge in [-0.3, -0.25) is 9.80 Å². The van der Waals surface area contributed by atoms with Crippen LogP contribution in [0.1, 0.15) is 0 Å². The third-order valence-corrected chi connectivity index (χ3v) is 3.61. The van der Waals surface area contributed by atoms with E-state index in [1.165, 1.54) is 0 Å². The molecule has 1 aliphatic rings. The van der Waals surface area contributed by atoms with Crippen molar-refractivity contribution in [3.8, 4) is 0 Å². The zero-order valence-corrected chi connectivity index (χ0v) is 14.3. The maximum Gasteiger partial charge on any atom is 0.0558 e. The van der Waals surface area contributed by atoms with E-state index in [4.69, 9.17) is 10.2 Å². The van der Waals surface area contributed by atoms with E-state index in [2.05, 4.69) is 9.80 Å². The molecule has 1 aliphatic heterocycles. The monoisotopic (exact) mass is 394 g/mol. The summed E-state index contributed by atoms with van der Waals surface area (Å²) < 4.78 is 0. The second-order valence-corrected chi connectivity index (χ2v) is 4.97. The molecule has 0 bridgehead atoms. The van der Waals surface area contributed by atoms with Gasteiger partial charge in [-0.05, 0) is 0 Å². The standard InChI is InChI=1S/C10H22N2O2S.2BrH/c13-7-3-11-1-2-12(4-8-14)6-10-15-9-5-11;;/h13-14H,1-10H2;2*1H. The van der Waals surface area contributed by atoms with E-state index >= 15 is 0 Å². The van der Waals surface area contributed by atoms with Gasteiger partial charge in [0, 0.05) is 50.8 Å². The average molecular weight is 396 g/mol. The maximum absolute atomic E-state index is 8.92. The molecule has 2 N–H and O–H groups in total. The van der Waals surface area contributed by atoms with Crippen molar-refractivity contribution in [3.63, 3.8) is 0 Å². The highest BCUT2D eigenvalue weighted by atomic mass is 79.9. The predicted molar refractivity (Wildman–Crippen MR) is 85.0 cm³/mol. The van der Waals surface area contributed by atoms with Gasteiger partial charge >= 0.3 is 0 Å². The number of thioether (sulfide) groups is 1. The van der Waals surface area contributed by atoms with Crippen molar-refractivity contribution in [2.24, 2.45) is 0 Å². The van der Waals surface area contributed by atoms with Crippen LogP contribution in [0, 0.1) is 0 Å². The first kappa shape index (κ1) is 20.5. The Bertz CT molecular complexity index is 153. The molecule has 0 radical (unpaired) electrons. The summed E-state index contributed by atoms with van der Waals surface area (Å²) in [5.41, 5.74) is 0. The summed E-state index contributed by atoms with van der Waals surface area (Å²) in [6.45, 7) is 6.16. The van der Waals surface area contributed by atoms with Crippen molar-refractivity contribution < 1.29 is 10.2 Å². The van der Waals surface area contributed by atoms with Crippen molar-refractivity contribution in [2.75, 3.05) is 64.0 Å². The first-order chi connectivity index (χ1) is 7.36. The molecule has 0 spiro atoms. The maximum atomic E-state index is 8.92. The Labute approximate surface area is 129 Å². The molecule has 1 rings (SSSR count). The molecule has 0 aromatic carbocycles. The molecule has 0 saturated carbocycles. The Morgan fingerprint density at radius 2 is 1.18 bits per heavy atom. The van der Waals surface area contributed by atoms with Crippen molar-refractivity contribution in [2.45, 2.75) is 0 Å². The molecule has 7 heteroatoms. The second kappa shape index (κ2) is 13.6. The highest BCUT2D eigenvalue weighted by molar-refractivity contribution is 8.93. The van der Waals surface area contributed by atoms with E-state index in [1.54, 1.807) is 0 Å². The van der Waals surface area contributed by atoms with Gasteiger partial charge in [-0.25, -0.2) is 0 Å². The van der Waals surface area contributed by atoms with Crippen molar-refractivity contribution in [3.05, 3.63) is 0 Å². The first-order valence-electron chi connectivity index (χ1n) is 5.61. The van der Waals surface area contributed by atoms with Gasteiger partial charge in [-0.1, -0.05) is 0 Å². The van der Waals surface area contributed by atoms with E-state index in [9.17, 15) is 0 Å². The lowest BCUT2D eigenvalue weighted by atomic mass is 10.4. The summed E-state index contributed by atoms with van der Waals surface area (Å²) in [4.78, 5) is 4.59. The van der Waals surface area contributed by atoms with Gasteiger partial charge in [-0.2, -0.15) is 11.8 Å². The van der Waals surface area contributed by atoms with Crippen LogP contribution in [0.3, 0.4) is 0 Å². The largest absolute Gasteiger partial charge is 0.395 e. The molecule has 0 atom stereocenters. The normalized spacial score (nSPS) is 19.4. The number of nitrogens with zero attached hydrogens (tertiary/aromatic N) is 2. The zero-order chi connectivity index (χ0) is 10.9. The number of hydrogen-bond acceptors (Lipinski definition) is 5. The van der Waals surface area contributed by atoms with E-state index in [-0.39, 0.29) is 47.2 Å². The first-order valence-corrected chi connectivity index (χ1v) is 6.76.